The second-order valence-electron chi connectivity index (χ2n) is 3.99. The smallest absolute Gasteiger partial charge is 0.240 e. The first-order valence-electron chi connectivity index (χ1n) is 5.71. The van der Waals surface area contributed by atoms with Crippen LogP contribution in [0.4, 0.5) is 0 Å². The summed E-state index contributed by atoms with van der Waals surface area (Å²) in [6, 6.07) is 8.01. The molecule has 1 amide bonds. The fraction of sp³-hybridized carbons (Fsp3) is 0.308. The van der Waals surface area contributed by atoms with Gasteiger partial charge in [0.2, 0.25) is 5.91 Å². The van der Waals surface area contributed by atoms with E-state index in [1.807, 2.05) is 35.0 Å². The fourth-order valence-electron chi connectivity index (χ4n) is 1.81. The van der Waals surface area contributed by atoms with E-state index in [0.29, 0.717) is 19.7 Å². The first-order chi connectivity index (χ1) is 8.70. The van der Waals surface area contributed by atoms with Crippen molar-refractivity contribution in [2.75, 3.05) is 20.3 Å². The molecular weight excluding hydrogens is 296 g/mol. The van der Waals surface area contributed by atoms with Gasteiger partial charge in [-0.05, 0) is 24.3 Å². The quantitative estimate of drug-likeness (QED) is 0.860. The van der Waals surface area contributed by atoms with Crippen molar-refractivity contribution in [1.29, 1.82) is 0 Å². The van der Waals surface area contributed by atoms with Gasteiger partial charge in [0.25, 0.3) is 0 Å². The number of hydrogen-bond donors (Lipinski definition) is 1. The van der Waals surface area contributed by atoms with E-state index >= 15 is 0 Å². The van der Waals surface area contributed by atoms with E-state index in [1.165, 1.54) is 0 Å². The summed E-state index contributed by atoms with van der Waals surface area (Å²) in [5.41, 5.74) is 1.06. The predicted molar refractivity (Wildman–Crippen MR) is 74.5 cm³/mol. The molecule has 0 aliphatic heterocycles. The molecule has 1 aromatic heterocycles. The minimum Gasteiger partial charge on any atom is -0.383 e. The molecule has 1 aromatic carbocycles. The van der Waals surface area contributed by atoms with Crippen molar-refractivity contribution in [2.45, 2.75) is 6.54 Å². The Labute approximate surface area is 114 Å². The summed E-state index contributed by atoms with van der Waals surface area (Å²) in [5.74, 6) is -0.00697. The molecule has 0 fully saturated rings. The highest BCUT2D eigenvalue weighted by molar-refractivity contribution is 9.10. The van der Waals surface area contributed by atoms with Crippen molar-refractivity contribution in [3.63, 3.8) is 0 Å². The maximum Gasteiger partial charge on any atom is 0.240 e. The molecule has 0 spiro atoms. The van der Waals surface area contributed by atoms with Crippen LogP contribution < -0.4 is 5.32 Å². The number of halogens is 1. The van der Waals surface area contributed by atoms with Gasteiger partial charge in [-0.2, -0.15) is 0 Å². The van der Waals surface area contributed by atoms with Crippen LogP contribution in [0.25, 0.3) is 10.9 Å². The summed E-state index contributed by atoms with van der Waals surface area (Å²) >= 11 is 3.43. The van der Waals surface area contributed by atoms with Crippen LogP contribution in [0.1, 0.15) is 0 Å². The van der Waals surface area contributed by atoms with E-state index in [9.17, 15) is 4.79 Å². The van der Waals surface area contributed by atoms with Crippen LogP contribution in [0.5, 0.6) is 0 Å². The Morgan fingerprint density at radius 1 is 1.44 bits per heavy atom. The van der Waals surface area contributed by atoms with Crippen molar-refractivity contribution in [1.82, 2.24) is 9.88 Å². The van der Waals surface area contributed by atoms with Gasteiger partial charge in [0.05, 0.1) is 6.61 Å². The zero-order valence-electron chi connectivity index (χ0n) is 10.1. The molecule has 0 aliphatic carbocycles. The van der Waals surface area contributed by atoms with Crippen LogP contribution >= 0.6 is 15.9 Å². The zero-order chi connectivity index (χ0) is 13.0. The summed E-state index contributed by atoms with van der Waals surface area (Å²) in [6.07, 6.45) is 1.92. The largest absolute Gasteiger partial charge is 0.383 e. The lowest BCUT2D eigenvalue weighted by atomic mass is 10.2. The van der Waals surface area contributed by atoms with Crippen LogP contribution in [0.3, 0.4) is 0 Å². The lowest BCUT2D eigenvalue weighted by Gasteiger charge is -2.07. The second-order valence-corrected chi connectivity index (χ2v) is 4.91. The lowest BCUT2D eigenvalue weighted by Crippen LogP contribution is -2.30. The van der Waals surface area contributed by atoms with Crippen LogP contribution in [0, 0.1) is 0 Å². The van der Waals surface area contributed by atoms with Crippen LogP contribution in [0.15, 0.2) is 34.9 Å². The number of hydrogen-bond acceptors (Lipinski definition) is 2. The number of fused-ring (bicyclic) bond motifs is 1. The fourth-order valence-corrected chi connectivity index (χ4v) is 2.19. The number of amides is 1. The average molecular weight is 311 g/mol. The van der Waals surface area contributed by atoms with Crippen molar-refractivity contribution in [2.24, 2.45) is 0 Å². The number of rotatable bonds is 5. The van der Waals surface area contributed by atoms with Crippen LogP contribution in [0.2, 0.25) is 0 Å². The molecule has 18 heavy (non-hydrogen) atoms. The molecular formula is C13H15BrN2O2. The molecule has 2 rings (SSSR count). The molecule has 5 heteroatoms. The predicted octanol–water partition coefficient (Wildman–Crippen LogP) is 2.17. The summed E-state index contributed by atoms with van der Waals surface area (Å²) in [4.78, 5) is 11.7. The average Bonchev–Trinajstić information content (AvgIpc) is 2.72. The number of carbonyl (C=O) groups is 1. The first-order valence-corrected chi connectivity index (χ1v) is 6.50. The van der Waals surface area contributed by atoms with E-state index in [-0.39, 0.29) is 5.91 Å². The topological polar surface area (TPSA) is 43.3 Å². The lowest BCUT2D eigenvalue weighted by molar-refractivity contribution is -0.121. The normalized spacial score (nSPS) is 10.8. The maximum atomic E-state index is 11.7. The molecule has 0 saturated heterocycles. The summed E-state index contributed by atoms with van der Waals surface area (Å²) < 4.78 is 7.86. The van der Waals surface area contributed by atoms with E-state index in [1.54, 1.807) is 7.11 Å². The Hall–Kier alpha value is -1.33. The first kappa shape index (κ1) is 13.1. The number of benzene rings is 1. The highest BCUT2D eigenvalue weighted by Crippen LogP contribution is 2.20. The number of ether oxygens (including phenoxy) is 1. The second kappa shape index (κ2) is 6.02. The van der Waals surface area contributed by atoms with Crippen LogP contribution in [-0.4, -0.2) is 30.7 Å². The summed E-state index contributed by atoms with van der Waals surface area (Å²) in [7, 11) is 1.61. The number of nitrogens with one attached hydrogen (secondary N) is 1. The van der Waals surface area contributed by atoms with Crippen LogP contribution in [-0.2, 0) is 16.1 Å². The van der Waals surface area contributed by atoms with E-state index < -0.39 is 0 Å². The number of carbonyl (C=O) groups excluding carboxylic acids is 1. The van der Waals surface area contributed by atoms with Gasteiger partial charge in [-0.3, -0.25) is 4.79 Å². The van der Waals surface area contributed by atoms with Gasteiger partial charge < -0.3 is 14.6 Å². The molecule has 0 radical (unpaired) electrons. The number of nitrogens with zero attached hydrogens (tertiary/aromatic N) is 1. The van der Waals surface area contributed by atoms with Gasteiger partial charge in [0, 0.05) is 35.2 Å². The van der Waals surface area contributed by atoms with Gasteiger partial charge in [0.1, 0.15) is 6.54 Å². The summed E-state index contributed by atoms with van der Waals surface area (Å²) in [5, 5.41) is 3.92. The number of aromatic nitrogens is 1. The van der Waals surface area contributed by atoms with Gasteiger partial charge in [0.15, 0.2) is 0 Å². The molecule has 1 N–H and O–H groups in total. The minimum atomic E-state index is -0.00697. The molecule has 0 saturated carbocycles. The molecule has 0 bridgehead atoms. The molecule has 4 nitrogen and oxygen atoms in total. The molecule has 0 unspecified atom stereocenters. The SMILES string of the molecule is COCCNC(=O)Cn1ccc2cc(Br)ccc21. The maximum absolute atomic E-state index is 11.7. The molecule has 2 aromatic rings. The Morgan fingerprint density at radius 3 is 3.06 bits per heavy atom. The molecule has 0 aliphatic rings. The standard InChI is InChI=1S/C13H15BrN2O2/c1-18-7-5-15-13(17)9-16-6-4-10-8-11(14)2-3-12(10)16/h2-4,6,8H,5,7,9H2,1H3,(H,15,17). The Morgan fingerprint density at radius 2 is 2.28 bits per heavy atom. The highest BCUT2D eigenvalue weighted by Gasteiger charge is 2.05. The van der Waals surface area contributed by atoms with Gasteiger partial charge in [-0.1, -0.05) is 15.9 Å². The third-order valence-corrected chi connectivity index (χ3v) is 3.17. The molecule has 96 valence electrons. The van der Waals surface area contributed by atoms with E-state index in [2.05, 4.69) is 21.2 Å². The van der Waals surface area contributed by atoms with Crippen molar-refractivity contribution >= 4 is 32.7 Å². The third-order valence-electron chi connectivity index (χ3n) is 2.68. The Bertz CT molecular complexity index is 551. The molecule has 1 heterocycles. The van der Waals surface area contributed by atoms with Gasteiger partial charge in [-0.15, -0.1) is 0 Å². The van der Waals surface area contributed by atoms with Crippen molar-refractivity contribution in [3.05, 3.63) is 34.9 Å². The summed E-state index contributed by atoms with van der Waals surface area (Å²) in [6.45, 7) is 1.40. The van der Waals surface area contributed by atoms with E-state index in [4.69, 9.17) is 4.74 Å². The Balaban J connectivity index is 2.05. The minimum absolute atomic E-state index is 0.00697. The third kappa shape index (κ3) is 3.11. The monoisotopic (exact) mass is 310 g/mol. The van der Waals surface area contributed by atoms with Gasteiger partial charge >= 0.3 is 0 Å². The highest BCUT2D eigenvalue weighted by atomic mass is 79.9. The van der Waals surface area contributed by atoms with Gasteiger partial charge in [-0.25, -0.2) is 0 Å². The van der Waals surface area contributed by atoms with Crippen molar-refractivity contribution < 1.29 is 9.53 Å². The van der Waals surface area contributed by atoms with Crippen molar-refractivity contribution in [3.8, 4) is 0 Å². The zero-order valence-corrected chi connectivity index (χ0v) is 11.7. The molecule has 0 atom stereocenters. The van der Waals surface area contributed by atoms with E-state index in [0.717, 1.165) is 15.4 Å². The number of methoxy groups -OCH3 is 1. The Kier molecular flexibility index (Phi) is 4.38.